The maximum absolute atomic E-state index is 12.6. The van der Waals surface area contributed by atoms with Crippen LogP contribution in [0.5, 0.6) is 0 Å². The van der Waals surface area contributed by atoms with Gasteiger partial charge in [-0.15, -0.1) is 0 Å². The third-order valence-corrected chi connectivity index (χ3v) is 7.81. The smallest absolute Gasteiger partial charge is 0.407 e. The summed E-state index contributed by atoms with van der Waals surface area (Å²) in [6.45, 7) is 13.6. The zero-order valence-electron chi connectivity index (χ0n) is 19.6. The highest BCUT2D eigenvalue weighted by Crippen LogP contribution is 2.39. The van der Waals surface area contributed by atoms with Crippen molar-refractivity contribution in [2.24, 2.45) is 5.41 Å². The van der Waals surface area contributed by atoms with Crippen molar-refractivity contribution >= 4 is 23.8 Å². The molecule has 1 aliphatic carbocycles. The molecule has 6 heteroatoms. The van der Waals surface area contributed by atoms with Crippen LogP contribution >= 0.6 is 11.8 Å². The van der Waals surface area contributed by atoms with Crippen LogP contribution < -0.4 is 10.6 Å². The first kappa shape index (κ1) is 26.1. The number of hydrogen-bond acceptors (Lipinski definition) is 4. The molecule has 2 N–H and O–H groups in total. The zero-order valence-corrected chi connectivity index (χ0v) is 20.4. The van der Waals surface area contributed by atoms with E-state index in [1.807, 2.05) is 32.5 Å². The van der Waals surface area contributed by atoms with Crippen LogP contribution in [0, 0.1) is 5.41 Å². The molecule has 0 radical (unpaired) electrons. The highest BCUT2D eigenvalue weighted by molar-refractivity contribution is 8.00. The second kappa shape index (κ2) is 12.1. The lowest BCUT2D eigenvalue weighted by Crippen LogP contribution is -2.44. The highest BCUT2D eigenvalue weighted by Gasteiger charge is 2.35. The number of ether oxygens (including phenoxy) is 1. The predicted octanol–water partition coefficient (Wildman–Crippen LogP) is 5.67. The fraction of sp³-hybridized carbons (Fsp3) is 0.913. The van der Waals surface area contributed by atoms with Crippen molar-refractivity contribution in [2.45, 2.75) is 110 Å². The monoisotopic (exact) mass is 428 g/mol. The van der Waals surface area contributed by atoms with Crippen molar-refractivity contribution in [3.63, 3.8) is 0 Å². The van der Waals surface area contributed by atoms with Gasteiger partial charge in [0, 0.05) is 24.3 Å². The maximum Gasteiger partial charge on any atom is 0.407 e. The van der Waals surface area contributed by atoms with Crippen LogP contribution in [0.3, 0.4) is 0 Å². The summed E-state index contributed by atoms with van der Waals surface area (Å²) < 4.78 is 5.71. The first-order chi connectivity index (χ1) is 13.5. The summed E-state index contributed by atoms with van der Waals surface area (Å²) in [6, 6.07) is 0. The third kappa shape index (κ3) is 10.6. The Labute approximate surface area is 182 Å². The van der Waals surface area contributed by atoms with Crippen LogP contribution in [0.25, 0.3) is 0 Å². The van der Waals surface area contributed by atoms with E-state index < -0.39 is 11.7 Å². The highest BCUT2D eigenvalue weighted by atomic mass is 32.2. The number of nitrogens with one attached hydrogen (secondary N) is 2. The summed E-state index contributed by atoms with van der Waals surface area (Å²) in [5.74, 6) is 1.18. The number of amides is 2. The molecule has 0 spiro atoms. The molecule has 170 valence electrons. The Hall–Kier alpha value is -0.910. The fourth-order valence-corrected chi connectivity index (χ4v) is 4.96. The average molecular weight is 429 g/mol. The van der Waals surface area contributed by atoms with Gasteiger partial charge in [-0.2, -0.15) is 11.8 Å². The van der Waals surface area contributed by atoms with Gasteiger partial charge in [-0.05, 0) is 64.0 Å². The first-order valence-corrected chi connectivity index (χ1v) is 12.4. The van der Waals surface area contributed by atoms with Crippen molar-refractivity contribution < 1.29 is 14.3 Å². The van der Waals surface area contributed by atoms with Gasteiger partial charge < -0.3 is 15.4 Å². The summed E-state index contributed by atoms with van der Waals surface area (Å²) in [6.07, 6.45) is 8.85. The van der Waals surface area contributed by atoms with E-state index in [9.17, 15) is 9.59 Å². The molecular formula is C23H44N2O3S. The number of alkyl carbamates (subject to hydrolysis) is 1. The predicted molar refractivity (Wildman–Crippen MR) is 123 cm³/mol. The Kier molecular flexibility index (Phi) is 10.9. The van der Waals surface area contributed by atoms with E-state index in [1.54, 1.807) is 0 Å². The standard InChI is InChI=1S/C23H44N2O3S/c1-7-22(6,8-2)29-16-12-15-24-19(26)17-23(13-10-9-11-14-23)18-25-20(27)28-21(3,4)5/h7-18H2,1-6H3,(H,24,26)(H,25,27). The summed E-state index contributed by atoms with van der Waals surface area (Å²) in [4.78, 5) is 24.7. The van der Waals surface area contributed by atoms with Crippen LogP contribution in [-0.4, -0.2) is 41.2 Å². The third-order valence-electron chi connectivity index (χ3n) is 6.05. The number of hydrogen-bond donors (Lipinski definition) is 2. The van der Waals surface area contributed by atoms with Gasteiger partial charge >= 0.3 is 6.09 Å². The molecule has 1 rings (SSSR count). The molecule has 0 atom stereocenters. The minimum absolute atomic E-state index is 0.108. The molecule has 0 saturated heterocycles. The second-order valence-corrected chi connectivity index (χ2v) is 11.5. The number of rotatable bonds is 11. The fourth-order valence-electron chi connectivity index (χ4n) is 3.77. The SMILES string of the molecule is CCC(C)(CC)SCCCNC(=O)CC1(CNC(=O)OC(C)(C)C)CCCCC1. The lowest BCUT2D eigenvalue weighted by atomic mass is 9.71. The van der Waals surface area contributed by atoms with Gasteiger partial charge in [-0.3, -0.25) is 4.79 Å². The maximum atomic E-state index is 12.6. The van der Waals surface area contributed by atoms with Crippen LogP contribution in [0.15, 0.2) is 0 Å². The van der Waals surface area contributed by atoms with E-state index in [0.29, 0.717) is 17.7 Å². The van der Waals surface area contributed by atoms with Crippen LogP contribution in [-0.2, 0) is 9.53 Å². The van der Waals surface area contributed by atoms with Crippen LogP contribution in [0.4, 0.5) is 4.79 Å². The van der Waals surface area contributed by atoms with E-state index in [-0.39, 0.29) is 11.3 Å². The van der Waals surface area contributed by atoms with E-state index in [4.69, 9.17) is 4.74 Å². The Morgan fingerprint density at radius 1 is 1.00 bits per heavy atom. The lowest BCUT2D eigenvalue weighted by molar-refractivity contribution is -0.124. The summed E-state index contributed by atoms with van der Waals surface area (Å²) >= 11 is 2.01. The summed E-state index contributed by atoms with van der Waals surface area (Å²) in [5, 5.41) is 6.02. The molecule has 0 aromatic heterocycles. The molecule has 29 heavy (non-hydrogen) atoms. The van der Waals surface area contributed by atoms with Gasteiger partial charge in [0.15, 0.2) is 0 Å². The molecule has 0 aliphatic heterocycles. The van der Waals surface area contributed by atoms with Crippen molar-refractivity contribution in [1.29, 1.82) is 0 Å². The molecule has 1 aliphatic rings. The molecular weight excluding hydrogens is 384 g/mol. The minimum Gasteiger partial charge on any atom is -0.444 e. The topological polar surface area (TPSA) is 67.4 Å². The molecule has 5 nitrogen and oxygen atoms in total. The van der Waals surface area contributed by atoms with Crippen LogP contribution in [0.1, 0.15) is 99.3 Å². The van der Waals surface area contributed by atoms with Gasteiger partial charge in [0.1, 0.15) is 5.60 Å². The van der Waals surface area contributed by atoms with Crippen LogP contribution in [0.2, 0.25) is 0 Å². The Morgan fingerprint density at radius 2 is 1.62 bits per heavy atom. The van der Waals surface area contributed by atoms with Gasteiger partial charge in [-0.25, -0.2) is 4.79 Å². The van der Waals surface area contributed by atoms with Crippen molar-refractivity contribution in [3.8, 4) is 0 Å². The number of thioether (sulfide) groups is 1. The zero-order chi connectivity index (χ0) is 22.0. The summed E-state index contributed by atoms with van der Waals surface area (Å²) in [5.41, 5.74) is -0.651. The van der Waals surface area contributed by atoms with Crippen molar-refractivity contribution in [1.82, 2.24) is 10.6 Å². The Balaban J connectivity index is 2.43. The van der Waals surface area contributed by atoms with Gasteiger partial charge in [-0.1, -0.05) is 40.0 Å². The second-order valence-electron chi connectivity index (χ2n) is 9.80. The minimum atomic E-state index is -0.509. The number of carbonyl (C=O) groups excluding carboxylic acids is 2. The van der Waals surface area contributed by atoms with E-state index >= 15 is 0 Å². The van der Waals surface area contributed by atoms with Gasteiger partial charge in [0.2, 0.25) is 5.91 Å². The molecule has 1 saturated carbocycles. The Morgan fingerprint density at radius 3 is 2.17 bits per heavy atom. The summed E-state index contributed by atoms with van der Waals surface area (Å²) in [7, 11) is 0. The molecule has 0 heterocycles. The Bertz CT molecular complexity index is 507. The molecule has 0 aromatic carbocycles. The van der Waals surface area contributed by atoms with Crippen molar-refractivity contribution in [2.75, 3.05) is 18.8 Å². The molecule has 0 bridgehead atoms. The van der Waals surface area contributed by atoms with Gasteiger partial charge in [0.05, 0.1) is 0 Å². The normalized spacial score (nSPS) is 16.9. The molecule has 0 unspecified atom stereocenters. The first-order valence-electron chi connectivity index (χ1n) is 11.4. The van der Waals surface area contributed by atoms with E-state index in [1.165, 1.54) is 19.3 Å². The molecule has 0 aromatic rings. The lowest BCUT2D eigenvalue weighted by Gasteiger charge is -2.37. The van der Waals surface area contributed by atoms with Crippen molar-refractivity contribution in [3.05, 3.63) is 0 Å². The average Bonchev–Trinajstić information content (AvgIpc) is 2.65. The quantitative estimate of drug-likeness (QED) is 0.416. The number of carbonyl (C=O) groups is 2. The van der Waals surface area contributed by atoms with E-state index in [0.717, 1.165) is 44.4 Å². The van der Waals surface area contributed by atoms with Gasteiger partial charge in [0.25, 0.3) is 0 Å². The molecule has 1 fully saturated rings. The van der Waals surface area contributed by atoms with E-state index in [2.05, 4.69) is 31.4 Å². The largest absolute Gasteiger partial charge is 0.444 e. The molecule has 2 amide bonds.